The van der Waals surface area contributed by atoms with Crippen molar-refractivity contribution < 1.29 is 9.53 Å². The van der Waals surface area contributed by atoms with E-state index in [2.05, 4.69) is 59.7 Å². The Bertz CT molecular complexity index is 1690. The summed E-state index contributed by atoms with van der Waals surface area (Å²) >= 11 is 0. The average molecular weight is 595 g/mol. The first-order chi connectivity index (χ1) is 21.4. The van der Waals surface area contributed by atoms with E-state index >= 15 is 0 Å². The molecule has 0 saturated carbocycles. The van der Waals surface area contributed by atoms with E-state index < -0.39 is 0 Å². The SMILES string of the molecule is C=CC(=O)Nc1cc(Nc2nccc(-c3c(N4CCCC4)n4c5c(cccc35)CCC4)n2)c(OC)cc1N(C)CCN(C)C. The Morgan fingerprint density at radius 2 is 1.89 bits per heavy atom. The molecule has 2 aromatic heterocycles. The van der Waals surface area contributed by atoms with Gasteiger partial charge in [-0.3, -0.25) is 4.79 Å². The summed E-state index contributed by atoms with van der Waals surface area (Å²) in [5.74, 6) is 2.05. The smallest absolute Gasteiger partial charge is 0.247 e. The number of benzene rings is 2. The number of likely N-dealkylation sites (N-methyl/N-ethyl adjacent to an activating group) is 2. The number of aromatic nitrogens is 3. The van der Waals surface area contributed by atoms with E-state index in [0.29, 0.717) is 23.1 Å². The summed E-state index contributed by atoms with van der Waals surface area (Å²) in [7, 11) is 7.71. The molecule has 1 fully saturated rings. The van der Waals surface area contributed by atoms with Crippen molar-refractivity contribution in [3.63, 3.8) is 0 Å². The van der Waals surface area contributed by atoms with Gasteiger partial charge in [0.2, 0.25) is 11.9 Å². The minimum atomic E-state index is -0.288. The molecule has 4 heterocycles. The maximum absolute atomic E-state index is 12.4. The van der Waals surface area contributed by atoms with E-state index in [9.17, 15) is 4.79 Å². The van der Waals surface area contributed by atoms with Gasteiger partial charge in [0.05, 0.1) is 40.9 Å². The lowest BCUT2D eigenvalue weighted by Crippen LogP contribution is -2.29. The topological polar surface area (TPSA) is 90.8 Å². The first kappa shape index (κ1) is 29.5. The Labute approximate surface area is 259 Å². The molecule has 2 N–H and O–H groups in total. The van der Waals surface area contributed by atoms with Crippen molar-refractivity contribution in [3.05, 3.63) is 60.8 Å². The zero-order valence-electron chi connectivity index (χ0n) is 26.2. The lowest BCUT2D eigenvalue weighted by atomic mass is 10.0. The van der Waals surface area contributed by atoms with Gasteiger partial charge < -0.3 is 34.6 Å². The number of methoxy groups -OCH3 is 1. The van der Waals surface area contributed by atoms with Gasteiger partial charge in [0, 0.05) is 57.4 Å². The summed E-state index contributed by atoms with van der Waals surface area (Å²) in [5.41, 5.74) is 6.91. The third-order valence-corrected chi connectivity index (χ3v) is 8.58. The molecule has 10 nitrogen and oxygen atoms in total. The number of anilines is 5. The van der Waals surface area contributed by atoms with Gasteiger partial charge in [0.15, 0.2) is 0 Å². The molecule has 0 unspecified atom stereocenters. The van der Waals surface area contributed by atoms with Crippen LogP contribution in [0.25, 0.3) is 22.2 Å². The van der Waals surface area contributed by atoms with Crippen LogP contribution >= 0.6 is 0 Å². The van der Waals surface area contributed by atoms with Crippen molar-refractivity contribution in [2.24, 2.45) is 0 Å². The Hall–Kier alpha value is -4.57. The minimum absolute atomic E-state index is 0.288. The first-order valence-corrected chi connectivity index (χ1v) is 15.4. The summed E-state index contributed by atoms with van der Waals surface area (Å²) in [4.78, 5) is 28.8. The van der Waals surface area contributed by atoms with Crippen LogP contribution in [-0.2, 0) is 17.8 Å². The highest BCUT2D eigenvalue weighted by Crippen LogP contribution is 2.44. The number of nitrogens with zero attached hydrogens (tertiary/aromatic N) is 6. The quantitative estimate of drug-likeness (QED) is 0.220. The summed E-state index contributed by atoms with van der Waals surface area (Å²) in [6, 6.07) is 12.5. The molecule has 0 spiro atoms. The monoisotopic (exact) mass is 594 g/mol. The molecule has 44 heavy (non-hydrogen) atoms. The van der Waals surface area contributed by atoms with Gasteiger partial charge in [0.1, 0.15) is 11.6 Å². The summed E-state index contributed by atoms with van der Waals surface area (Å²) in [6.45, 7) is 8.37. The molecule has 0 aliphatic carbocycles. The second-order valence-electron chi connectivity index (χ2n) is 11.8. The number of carbonyl (C=O) groups is 1. The lowest BCUT2D eigenvalue weighted by Gasteiger charge is -2.26. The molecular formula is C34H42N8O2. The van der Waals surface area contributed by atoms with E-state index in [1.165, 1.54) is 46.8 Å². The fourth-order valence-electron chi connectivity index (χ4n) is 6.41. The highest BCUT2D eigenvalue weighted by atomic mass is 16.5. The van der Waals surface area contributed by atoms with Crippen LogP contribution in [0.3, 0.4) is 0 Å². The van der Waals surface area contributed by atoms with E-state index in [1.807, 2.05) is 39.3 Å². The number of ether oxygens (including phenoxy) is 1. The molecule has 2 aliphatic rings. The normalized spacial score (nSPS) is 14.2. The van der Waals surface area contributed by atoms with Gasteiger partial charge in [-0.2, -0.15) is 0 Å². The zero-order chi connectivity index (χ0) is 30.8. The second-order valence-corrected chi connectivity index (χ2v) is 11.8. The Balaban J connectivity index is 1.41. The van der Waals surface area contributed by atoms with Gasteiger partial charge in [0.25, 0.3) is 0 Å². The van der Waals surface area contributed by atoms with Crippen molar-refractivity contribution in [1.82, 2.24) is 19.4 Å². The minimum Gasteiger partial charge on any atom is -0.494 e. The molecule has 1 amide bonds. The number of amides is 1. The van der Waals surface area contributed by atoms with Crippen LogP contribution in [-0.4, -0.2) is 79.8 Å². The molecule has 2 aliphatic heterocycles. The van der Waals surface area contributed by atoms with E-state index in [1.54, 1.807) is 13.3 Å². The van der Waals surface area contributed by atoms with Gasteiger partial charge >= 0.3 is 0 Å². The van der Waals surface area contributed by atoms with Gasteiger partial charge in [-0.25, -0.2) is 9.97 Å². The van der Waals surface area contributed by atoms with Crippen LogP contribution in [0.5, 0.6) is 5.75 Å². The van der Waals surface area contributed by atoms with Crippen LogP contribution in [0, 0.1) is 0 Å². The van der Waals surface area contributed by atoms with Crippen molar-refractivity contribution in [2.45, 2.75) is 32.2 Å². The Morgan fingerprint density at radius 1 is 1.07 bits per heavy atom. The van der Waals surface area contributed by atoms with Crippen LogP contribution in [0.4, 0.5) is 28.8 Å². The maximum atomic E-state index is 12.4. The van der Waals surface area contributed by atoms with E-state index in [0.717, 1.165) is 56.9 Å². The number of aryl methyl sites for hydroxylation is 2. The molecule has 230 valence electrons. The summed E-state index contributed by atoms with van der Waals surface area (Å²) in [6.07, 6.45) is 7.72. The largest absolute Gasteiger partial charge is 0.494 e. The third-order valence-electron chi connectivity index (χ3n) is 8.58. The maximum Gasteiger partial charge on any atom is 0.247 e. The van der Waals surface area contributed by atoms with E-state index in [4.69, 9.17) is 9.72 Å². The molecule has 10 heteroatoms. The zero-order valence-corrected chi connectivity index (χ0v) is 26.2. The predicted octanol–water partition coefficient (Wildman–Crippen LogP) is 5.52. The van der Waals surface area contributed by atoms with Crippen molar-refractivity contribution in [2.75, 3.05) is 74.9 Å². The van der Waals surface area contributed by atoms with Gasteiger partial charge in [-0.15, -0.1) is 0 Å². The number of hydrogen-bond acceptors (Lipinski definition) is 8. The molecule has 2 aromatic carbocycles. The summed E-state index contributed by atoms with van der Waals surface area (Å²) < 4.78 is 8.34. The van der Waals surface area contributed by atoms with E-state index in [-0.39, 0.29) is 5.91 Å². The molecule has 1 saturated heterocycles. The lowest BCUT2D eigenvalue weighted by molar-refractivity contribution is -0.111. The Morgan fingerprint density at radius 3 is 2.64 bits per heavy atom. The highest BCUT2D eigenvalue weighted by Gasteiger charge is 2.28. The second kappa shape index (κ2) is 12.6. The molecule has 0 radical (unpaired) electrons. The number of nitrogens with one attached hydrogen (secondary N) is 2. The van der Waals surface area contributed by atoms with Crippen LogP contribution in [0.1, 0.15) is 24.8 Å². The fourth-order valence-corrected chi connectivity index (χ4v) is 6.41. The van der Waals surface area contributed by atoms with Gasteiger partial charge in [-0.1, -0.05) is 24.8 Å². The van der Waals surface area contributed by atoms with Crippen LogP contribution < -0.4 is 25.2 Å². The third kappa shape index (κ3) is 5.69. The van der Waals surface area contributed by atoms with Gasteiger partial charge in [-0.05, 0) is 63.6 Å². The summed E-state index contributed by atoms with van der Waals surface area (Å²) in [5, 5.41) is 7.60. The Kier molecular flexibility index (Phi) is 8.43. The number of para-hydroxylation sites is 1. The highest BCUT2D eigenvalue weighted by molar-refractivity contribution is 6.04. The number of hydrogen-bond donors (Lipinski definition) is 2. The molecule has 0 atom stereocenters. The number of carbonyl (C=O) groups excluding carboxylic acids is 1. The number of rotatable bonds is 11. The molecule has 6 rings (SSSR count). The van der Waals surface area contributed by atoms with Crippen molar-refractivity contribution >= 4 is 45.6 Å². The van der Waals surface area contributed by atoms with Crippen LogP contribution in [0.15, 0.2) is 55.3 Å². The first-order valence-electron chi connectivity index (χ1n) is 15.4. The predicted molar refractivity (Wildman–Crippen MR) is 180 cm³/mol. The van der Waals surface area contributed by atoms with Crippen molar-refractivity contribution in [1.29, 1.82) is 0 Å². The molecule has 4 aromatic rings. The van der Waals surface area contributed by atoms with Crippen LogP contribution in [0.2, 0.25) is 0 Å². The molecule has 0 bridgehead atoms. The fraction of sp³-hybridized carbons (Fsp3) is 0.382. The van der Waals surface area contributed by atoms with Crippen molar-refractivity contribution in [3.8, 4) is 17.0 Å². The standard InChI is InChI=1S/C34H42N8O2/c1-6-30(43)36-26-21-27(29(44-5)22-28(26)40(4)20-19-39(2)3)38-34-35-15-14-25(37-34)31-24-13-9-11-23-12-10-18-42(32(23)24)33(31)41-16-7-8-17-41/h6,9,11,13-15,21-22H,1,7-8,10,12,16-20H2,2-5H3,(H,36,43)(H,35,37,38). The molecular weight excluding hydrogens is 552 g/mol. The average Bonchev–Trinajstić information content (AvgIpc) is 3.68.